The molecular weight excluding hydrogens is 374 g/mol. The van der Waals surface area contributed by atoms with Crippen molar-refractivity contribution in [1.29, 1.82) is 0 Å². The Balaban J connectivity index is 1.24. The number of piperazine rings is 1. The maximum Gasteiger partial charge on any atom is 0.317 e. The Hall–Kier alpha value is -2.26. The SMILES string of the molecule is Cc1nc(CN2CCN(C(=O)NC3CCCN(c4ncccn4)C3)CC2)cs1. The Morgan fingerprint density at radius 2 is 2.00 bits per heavy atom. The van der Waals surface area contributed by atoms with E-state index in [1.54, 1.807) is 23.7 Å². The predicted molar refractivity (Wildman–Crippen MR) is 109 cm³/mol. The average molecular weight is 402 g/mol. The van der Waals surface area contributed by atoms with Crippen LogP contribution in [0.5, 0.6) is 0 Å². The van der Waals surface area contributed by atoms with Gasteiger partial charge in [0.15, 0.2) is 0 Å². The Morgan fingerprint density at radius 3 is 2.71 bits per heavy atom. The zero-order valence-electron chi connectivity index (χ0n) is 16.3. The van der Waals surface area contributed by atoms with Gasteiger partial charge in [-0.3, -0.25) is 4.90 Å². The van der Waals surface area contributed by atoms with Gasteiger partial charge in [-0.2, -0.15) is 0 Å². The molecule has 1 unspecified atom stereocenters. The van der Waals surface area contributed by atoms with Crippen LogP contribution in [-0.2, 0) is 6.54 Å². The molecule has 28 heavy (non-hydrogen) atoms. The number of hydrogen-bond acceptors (Lipinski definition) is 7. The van der Waals surface area contributed by atoms with Gasteiger partial charge in [0, 0.05) is 69.6 Å². The third-order valence-corrected chi connectivity index (χ3v) is 6.12. The number of piperidine rings is 1. The van der Waals surface area contributed by atoms with E-state index in [9.17, 15) is 4.79 Å². The van der Waals surface area contributed by atoms with E-state index in [4.69, 9.17) is 0 Å². The molecule has 4 rings (SSSR count). The summed E-state index contributed by atoms with van der Waals surface area (Å²) in [7, 11) is 0. The molecule has 8 nitrogen and oxygen atoms in total. The summed E-state index contributed by atoms with van der Waals surface area (Å²) in [5.41, 5.74) is 1.13. The smallest absolute Gasteiger partial charge is 0.317 e. The molecule has 2 fully saturated rings. The molecule has 2 aromatic heterocycles. The Labute approximate surface area is 169 Å². The number of aromatic nitrogens is 3. The molecule has 150 valence electrons. The van der Waals surface area contributed by atoms with Gasteiger partial charge >= 0.3 is 6.03 Å². The van der Waals surface area contributed by atoms with Gasteiger partial charge in [0.05, 0.1) is 10.7 Å². The van der Waals surface area contributed by atoms with Gasteiger partial charge in [-0.05, 0) is 25.8 Å². The lowest BCUT2D eigenvalue weighted by Crippen LogP contribution is -2.56. The fourth-order valence-corrected chi connectivity index (χ4v) is 4.42. The average Bonchev–Trinajstić information content (AvgIpc) is 3.14. The highest BCUT2D eigenvalue weighted by Gasteiger charge is 2.26. The minimum Gasteiger partial charge on any atom is -0.339 e. The van der Waals surface area contributed by atoms with E-state index in [1.165, 1.54) is 0 Å². The van der Waals surface area contributed by atoms with Crippen LogP contribution in [0.25, 0.3) is 0 Å². The molecule has 2 saturated heterocycles. The van der Waals surface area contributed by atoms with Crippen molar-refractivity contribution < 1.29 is 4.79 Å². The molecule has 0 spiro atoms. The summed E-state index contributed by atoms with van der Waals surface area (Å²) in [6.45, 7) is 7.89. The summed E-state index contributed by atoms with van der Waals surface area (Å²) < 4.78 is 0. The number of carbonyl (C=O) groups excluding carboxylic acids is 1. The van der Waals surface area contributed by atoms with E-state index in [2.05, 4.69) is 35.4 Å². The van der Waals surface area contributed by atoms with Crippen molar-refractivity contribution >= 4 is 23.3 Å². The van der Waals surface area contributed by atoms with Crippen molar-refractivity contribution in [3.8, 4) is 0 Å². The maximum absolute atomic E-state index is 12.7. The van der Waals surface area contributed by atoms with Crippen LogP contribution in [0.2, 0.25) is 0 Å². The molecule has 1 atom stereocenters. The number of thiazole rings is 1. The van der Waals surface area contributed by atoms with Crippen molar-refractivity contribution in [3.63, 3.8) is 0 Å². The number of hydrogen-bond donors (Lipinski definition) is 1. The zero-order chi connectivity index (χ0) is 19.3. The van der Waals surface area contributed by atoms with E-state index in [0.29, 0.717) is 0 Å². The van der Waals surface area contributed by atoms with E-state index in [0.717, 1.165) is 75.3 Å². The second kappa shape index (κ2) is 8.83. The zero-order valence-corrected chi connectivity index (χ0v) is 17.1. The Morgan fingerprint density at radius 1 is 1.21 bits per heavy atom. The third-order valence-electron chi connectivity index (χ3n) is 5.30. The highest BCUT2D eigenvalue weighted by atomic mass is 32.1. The summed E-state index contributed by atoms with van der Waals surface area (Å²) in [6, 6.07) is 2.01. The second-order valence-electron chi connectivity index (χ2n) is 7.40. The first kappa shape index (κ1) is 19.1. The number of urea groups is 1. The lowest BCUT2D eigenvalue weighted by atomic mass is 10.1. The van der Waals surface area contributed by atoms with Crippen LogP contribution in [0.1, 0.15) is 23.5 Å². The molecule has 2 aliphatic heterocycles. The van der Waals surface area contributed by atoms with Gasteiger partial charge < -0.3 is 15.1 Å². The number of nitrogens with one attached hydrogen (secondary N) is 1. The first-order chi connectivity index (χ1) is 13.7. The predicted octanol–water partition coefficient (Wildman–Crippen LogP) is 1.74. The van der Waals surface area contributed by atoms with Crippen LogP contribution in [-0.4, -0.2) is 76.1 Å². The molecule has 0 saturated carbocycles. The van der Waals surface area contributed by atoms with Gasteiger partial charge in [-0.1, -0.05) is 0 Å². The maximum atomic E-state index is 12.7. The first-order valence-corrected chi connectivity index (χ1v) is 10.8. The summed E-state index contributed by atoms with van der Waals surface area (Å²) in [6.07, 6.45) is 5.55. The Kier molecular flexibility index (Phi) is 6.01. The lowest BCUT2D eigenvalue weighted by Gasteiger charge is -2.37. The molecule has 1 N–H and O–H groups in total. The van der Waals surface area contributed by atoms with Crippen LogP contribution in [0.15, 0.2) is 23.8 Å². The fourth-order valence-electron chi connectivity index (χ4n) is 3.82. The summed E-state index contributed by atoms with van der Waals surface area (Å²) >= 11 is 1.69. The highest BCUT2D eigenvalue weighted by molar-refractivity contribution is 7.09. The monoisotopic (exact) mass is 401 g/mol. The number of amides is 2. The molecule has 0 aliphatic carbocycles. The van der Waals surface area contributed by atoms with Crippen LogP contribution in [0.4, 0.5) is 10.7 Å². The number of aryl methyl sites for hydroxylation is 1. The third kappa shape index (κ3) is 4.77. The van der Waals surface area contributed by atoms with Gasteiger partial charge in [0.25, 0.3) is 0 Å². The standard InChI is InChI=1S/C19H27N7OS/c1-15-22-17(14-28-15)12-24-8-10-25(11-9-24)19(27)23-16-4-2-7-26(13-16)18-20-5-3-6-21-18/h3,5-6,14,16H,2,4,7-13H2,1H3,(H,23,27). The van der Waals surface area contributed by atoms with Crippen molar-refractivity contribution in [2.75, 3.05) is 44.2 Å². The molecule has 4 heterocycles. The Bertz CT molecular complexity index is 776. The van der Waals surface area contributed by atoms with Crippen molar-refractivity contribution in [1.82, 2.24) is 30.1 Å². The second-order valence-corrected chi connectivity index (χ2v) is 8.47. The molecule has 2 aliphatic rings. The van der Waals surface area contributed by atoms with Gasteiger partial charge in [-0.25, -0.2) is 19.7 Å². The van der Waals surface area contributed by atoms with Crippen molar-refractivity contribution in [3.05, 3.63) is 34.5 Å². The van der Waals surface area contributed by atoms with Gasteiger partial charge in [0.2, 0.25) is 5.95 Å². The minimum absolute atomic E-state index is 0.0463. The fraction of sp³-hybridized carbons (Fsp3) is 0.579. The number of anilines is 1. The van der Waals surface area contributed by atoms with Crippen molar-refractivity contribution in [2.24, 2.45) is 0 Å². The number of nitrogens with zero attached hydrogens (tertiary/aromatic N) is 6. The van der Waals surface area contributed by atoms with Crippen LogP contribution >= 0.6 is 11.3 Å². The summed E-state index contributed by atoms with van der Waals surface area (Å²) in [5, 5.41) is 6.45. The van der Waals surface area contributed by atoms with E-state index in [1.807, 2.05) is 17.9 Å². The van der Waals surface area contributed by atoms with E-state index >= 15 is 0 Å². The quantitative estimate of drug-likeness (QED) is 0.841. The van der Waals surface area contributed by atoms with Gasteiger partial charge in [-0.15, -0.1) is 11.3 Å². The van der Waals surface area contributed by atoms with E-state index in [-0.39, 0.29) is 12.1 Å². The number of rotatable bonds is 4. The molecule has 0 aromatic carbocycles. The largest absolute Gasteiger partial charge is 0.339 e. The molecule has 0 radical (unpaired) electrons. The lowest BCUT2D eigenvalue weighted by molar-refractivity contribution is 0.132. The minimum atomic E-state index is 0.0463. The summed E-state index contributed by atoms with van der Waals surface area (Å²) in [5.74, 6) is 0.743. The molecular formula is C19H27N7OS. The summed E-state index contributed by atoms with van der Waals surface area (Å²) in [4.78, 5) is 32.4. The van der Waals surface area contributed by atoms with Gasteiger partial charge in [0.1, 0.15) is 0 Å². The molecule has 2 amide bonds. The van der Waals surface area contributed by atoms with Crippen LogP contribution in [0.3, 0.4) is 0 Å². The van der Waals surface area contributed by atoms with Crippen LogP contribution < -0.4 is 10.2 Å². The normalized spacial score (nSPS) is 21.0. The van der Waals surface area contributed by atoms with E-state index < -0.39 is 0 Å². The molecule has 2 aromatic rings. The molecule has 0 bridgehead atoms. The number of carbonyl (C=O) groups is 1. The van der Waals surface area contributed by atoms with Crippen LogP contribution in [0, 0.1) is 6.92 Å². The molecule has 9 heteroatoms. The highest BCUT2D eigenvalue weighted by Crippen LogP contribution is 2.16. The first-order valence-electron chi connectivity index (χ1n) is 9.88. The topological polar surface area (TPSA) is 77.5 Å². The van der Waals surface area contributed by atoms with Crippen molar-refractivity contribution in [2.45, 2.75) is 32.4 Å².